The van der Waals surface area contributed by atoms with E-state index in [-0.39, 0.29) is 24.6 Å². The number of nitrogens with zero attached hydrogens (tertiary/aromatic N) is 1. The van der Waals surface area contributed by atoms with Crippen molar-refractivity contribution in [3.05, 3.63) is 87.9 Å². The van der Waals surface area contributed by atoms with Gasteiger partial charge in [-0.25, -0.2) is 8.42 Å². The predicted molar refractivity (Wildman–Crippen MR) is 136 cm³/mol. The molecule has 34 heavy (non-hydrogen) atoms. The van der Waals surface area contributed by atoms with Gasteiger partial charge < -0.3 is 10.1 Å². The minimum absolute atomic E-state index is 0.0979. The molecule has 0 aliphatic rings. The van der Waals surface area contributed by atoms with Crippen LogP contribution in [0, 0.1) is 27.7 Å². The lowest BCUT2D eigenvalue weighted by molar-refractivity contribution is -0.119. The summed E-state index contributed by atoms with van der Waals surface area (Å²) in [7, 11) is -4.00. The van der Waals surface area contributed by atoms with E-state index < -0.39 is 15.9 Å². The molecule has 0 saturated carbocycles. The monoisotopic (exact) mass is 500 g/mol. The largest absolute Gasteiger partial charge is 0.492 e. The van der Waals surface area contributed by atoms with Gasteiger partial charge in [0, 0.05) is 5.02 Å². The number of sulfonamides is 1. The second-order valence-corrected chi connectivity index (χ2v) is 10.5. The first kappa shape index (κ1) is 25.6. The maximum atomic E-state index is 13.4. The van der Waals surface area contributed by atoms with Crippen LogP contribution in [0.4, 0.5) is 5.69 Å². The summed E-state index contributed by atoms with van der Waals surface area (Å²) in [6.45, 7) is 7.78. The van der Waals surface area contributed by atoms with Gasteiger partial charge in [-0.3, -0.25) is 9.10 Å². The van der Waals surface area contributed by atoms with Crippen molar-refractivity contribution < 1.29 is 17.9 Å². The van der Waals surface area contributed by atoms with Crippen LogP contribution in [0.25, 0.3) is 0 Å². The smallest absolute Gasteiger partial charge is 0.264 e. The molecule has 0 unspecified atom stereocenters. The number of hydrogen-bond donors (Lipinski definition) is 1. The normalized spacial score (nSPS) is 11.2. The van der Waals surface area contributed by atoms with Gasteiger partial charge >= 0.3 is 0 Å². The zero-order valence-electron chi connectivity index (χ0n) is 19.8. The van der Waals surface area contributed by atoms with Crippen LogP contribution in [0.1, 0.15) is 22.3 Å². The molecule has 3 aromatic rings. The number of carbonyl (C=O) groups is 1. The number of benzene rings is 3. The Morgan fingerprint density at radius 3 is 2.18 bits per heavy atom. The lowest BCUT2D eigenvalue weighted by Crippen LogP contribution is -2.42. The maximum Gasteiger partial charge on any atom is 0.264 e. The van der Waals surface area contributed by atoms with E-state index in [4.69, 9.17) is 16.3 Å². The highest BCUT2D eigenvalue weighted by Crippen LogP contribution is 2.28. The molecule has 0 aromatic heterocycles. The van der Waals surface area contributed by atoms with Crippen molar-refractivity contribution >= 4 is 33.2 Å². The van der Waals surface area contributed by atoms with Gasteiger partial charge in [0.15, 0.2) is 0 Å². The third-order valence-corrected chi connectivity index (χ3v) is 7.42. The second kappa shape index (κ2) is 10.9. The van der Waals surface area contributed by atoms with E-state index in [2.05, 4.69) is 11.4 Å². The van der Waals surface area contributed by atoms with Crippen molar-refractivity contribution in [1.29, 1.82) is 0 Å². The highest BCUT2D eigenvalue weighted by atomic mass is 35.5. The molecule has 0 radical (unpaired) electrons. The Labute approximate surface area is 206 Å². The number of carbonyl (C=O) groups excluding carboxylic acids is 1. The average molecular weight is 501 g/mol. The van der Waals surface area contributed by atoms with Crippen LogP contribution < -0.4 is 14.4 Å². The molecule has 1 amide bonds. The summed E-state index contributed by atoms with van der Waals surface area (Å²) in [6, 6.07) is 17.3. The van der Waals surface area contributed by atoms with Gasteiger partial charge in [0.2, 0.25) is 5.91 Å². The van der Waals surface area contributed by atoms with E-state index in [0.29, 0.717) is 10.7 Å². The van der Waals surface area contributed by atoms with E-state index in [1.165, 1.54) is 12.1 Å². The van der Waals surface area contributed by atoms with Crippen LogP contribution >= 0.6 is 11.6 Å². The molecule has 0 atom stereocenters. The van der Waals surface area contributed by atoms with Gasteiger partial charge in [-0.2, -0.15) is 0 Å². The minimum Gasteiger partial charge on any atom is -0.492 e. The van der Waals surface area contributed by atoms with Crippen LogP contribution in [0.3, 0.4) is 0 Å². The summed E-state index contributed by atoms with van der Waals surface area (Å²) >= 11 is 6.26. The lowest BCUT2D eigenvalue weighted by Gasteiger charge is -2.24. The zero-order valence-corrected chi connectivity index (χ0v) is 21.3. The zero-order chi connectivity index (χ0) is 24.9. The molecule has 0 bridgehead atoms. The number of rotatable bonds is 9. The summed E-state index contributed by atoms with van der Waals surface area (Å²) in [5, 5.41) is 3.16. The fourth-order valence-electron chi connectivity index (χ4n) is 3.45. The molecule has 1 N–H and O–H groups in total. The van der Waals surface area contributed by atoms with Crippen LogP contribution in [0.15, 0.2) is 65.6 Å². The van der Waals surface area contributed by atoms with E-state index in [1.54, 1.807) is 30.3 Å². The van der Waals surface area contributed by atoms with Gasteiger partial charge in [-0.05, 0) is 80.8 Å². The molecule has 180 valence electrons. The number of nitrogens with one attached hydrogen (secondary N) is 1. The highest BCUT2D eigenvalue weighted by Gasteiger charge is 2.27. The van der Waals surface area contributed by atoms with E-state index in [1.807, 2.05) is 39.8 Å². The Morgan fingerprint density at radius 1 is 0.912 bits per heavy atom. The average Bonchev–Trinajstić information content (AvgIpc) is 2.76. The van der Waals surface area contributed by atoms with Crippen molar-refractivity contribution in [3.63, 3.8) is 0 Å². The first-order chi connectivity index (χ1) is 16.1. The van der Waals surface area contributed by atoms with Crippen LogP contribution in [-0.2, 0) is 14.8 Å². The van der Waals surface area contributed by atoms with Gasteiger partial charge in [-0.15, -0.1) is 0 Å². The molecular weight excluding hydrogens is 472 g/mol. The fraction of sp³-hybridized carbons (Fsp3) is 0.269. The van der Waals surface area contributed by atoms with Crippen LogP contribution in [-0.4, -0.2) is 34.0 Å². The van der Waals surface area contributed by atoms with Gasteiger partial charge in [0.25, 0.3) is 10.0 Å². The summed E-state index contributed by atoms with van der Waals surface area (Å²) in [5.74, 6) is 0.279. The Morgan fingerprint density at radius 2 is 1.56 bits per heavy atom. The van der Waals surface area contributed by atoms with E-state index in [9.17, 15) is 13.2 Å². The molecule has 0 saturated heterocycles. The minimum atomic E-state index is -4.00. The molecule has 0 heterocycles. The Bertz CT molecular complexity index is 1250. The van der Waals surface area contributed by atoms with Crippen molar-refractivity contribution in [2.75, 3.05) is 24.0 Å². The van der Waals surface area contributed by atoms with Crippen LogP contribution in [0.2, 0.25) is 5.02 Å². The Hall–Kier alpha value is -3.03. The first-order valence-electron chi connectivity index (χ1n) is 10.9. The number of ether oxygens (including phenoxy) is 1. The van der Waals surface area contributed by atoms with E-state index in [0.717, 1.165) is 32.3 Å². The Kier molecular flexibility index (Phi) is 8.23. The topological polar surface area (TPSA) is 75.7 Å². The second-order valence-electron chi connectivity index (χ2n) is 8.28. The van der Waals surface area contributed by atoms with Crippen molar-refractivity contribution in [2.45, 2.75) is 32.6 Å². The van der Waals surface area contributed by atoms with Crippen molar-refractivity contribution in [2.24, 2.45) is 0 Å². The molecule has 0 aliphatic carbocycles. The number of amides is 1. The van der Waals surface area contributed by atoms with Crippen molar-refractivity contribution in [3.8, 4) is 5.75 Å². The molecular formula is C26H29ClN2O4S. The maximum absolute atomic E-state index is 13.4. The standard InChI is InChI=1S/C26H29ClN2O4S/c1-18-5-9-24(10-6-18)34(31,32)29(22-8-7-21(4)25(27)16-22)17-26(30)28-11-12-33-23-14-19(2)13-20(3)15-23/h5-10,13-16H,11-12,17H2,1-4H3,(H,28,30). The molecule has 0 aliphatic heterocycles. The molecule has 8 heteroatoms. The third-order valence-electron chi connectivity index (χ3n) is 5.23. The summed E-state index contributed by atoms with van der Waals surface area (Å²) in [5.41, 5.74) is 4.25. The predicted octanol–water partition coefficient (Wildman–Crippen LogP) is 4.96. The van der Waals surface area contributed by atoms with Crippen molar-refractivity contribution in [1.82, 2.24) is 5.32 Å². The van der Waals surface area contributed by atoms with Crippen LogP contribution in [0.5, 0.6) is 5.75 Å². The number of aryl methyl sites for hydroxylation is 4. The third kappa shape index (κ3) is 6.52. The molecule has 3 aromatic carbocycles. The number of hydrogen-bond acceptors (Lipinski definition) is 4. The molecule has 0 spiro atoms. The van der Waals surface area contributed by atoms with Gasteiger partial charge in [-0.1, -0.05) is 41.4 Å². The quantitative estimate of drug-likeness (QED) is 0.421. The lowest BCUT2D eigenvalue weighted by atomic mass is 10.1. The SMILES string of the molecule is Cc1ccc(S(=O)(=O)N(CC(=O)NCCOc2cc(C)cc(C)c2)c2ccc(C)c(Cl)c2)cc1. The summed E-state index contributed by atoms with van der Waals surface area (Å²) in [6.07, 6.45) is 0. The van der Waals surface area contributed by atoms with E-state index >= 15 is 0 Å². The van der Waals surface area contributed by atoms with Gasteiger partial charge in [0.1, 0.15) is 18.9 Å². The fourth-order valence-corrected chi connectivity index (χ4v) is 5.04. The molecule has 6 nitrogen and oxygen atoms in total. The molecule has 0 fully saturated rings. The summed E-state index contributed by atoms with van der Waals surface area (Å²) in [4.78, 5) is 12.8. The number of halogens is 1. The van der Waals surface area contributed by atoms with Gasteiger partial charge in [0.05, 0.1) is 17.1 Å². The number of anilines is 1. The summed E-state index contributed by atoms with van der Waals surface area (Å²) < 4.78 is 33.7. The Balaban J connectivity index is 1.73. The molecule has 3 rings (SSSR count). The highest BCUT2D eigenvalue weighted by molar-refractivity contribution is 7.92. The first-order valence-corrected chi connectivity index (χ1v) is 12.7.